The maximum absolute atomic E-state index is 14.5. The molecule has 0 aliphatic rings. The number of rotatable bonds is 12. The van der Waals surface area contributed by atoms with E-state index < -0.39 is 65.1 Å². The van der Waals surface area contributed by atoms with Gasteiger partial charge in [-0.3, -0.25) is 18.4 Å². The molecule has 0 aliphatic carbocycles. The molecule has 0 radical (unpaired) electrons. The first-order valence-electron chi connectivity index (χ1n) is 16.6. The van der Waals surface area contributed by atoms with Gasteiger partial charge < -0.3 is 10.0 Å². The highest BCUT2D eigenvalue weighted by molar-refractivity contribution is 7.99. The highest BCUT2D eigenvalue weighted by atomic mass is 35.5. The number of pyridine rings is 1. The van der Waals surface area contributed by atoms with Gasteiger partial charge in [-0.2, -0.15) is 23.4 Å². The molecule has 5 aromatic rings. The number of nitrogens with one attached hydrogen (secondary N) is 2. The van der Waals surface area contributed by atoms with Crippen molar-refractivity contribution in [3.05, 3.63) is 93.0 Å². The van der Waals surface area contributed by atoms with Crippen molar-refractivity contribution in [2.45, 2.75) is 70.8 Å². The summed E-state index contributed by atoms with van der Waals surface area (Å²) in [4.78, 5) is 18.6. The fraction of sp³-hybridized carbons (Fsp3) is 0.351. The molecule has 1 amide bonds. The summed E-state index contributed by atoms with van der Waals surface area (Å²) in [6.07, 6.45) is -1.80. The number of fused-ring (bicyclic) bond motifs is 1. The van der Waals surface area contributed by atoms with E-state index in [0.29, 0.717) is 17.3 Å². The molecule has 0 saturated heterocycles. The van der Waals surface area contributed by atoms with Crippen LogP contribution in [0.3, 0.4) is 0 Å². The average molecular weight is 824 g/mol. The minimum Gasteiger partial charge on any atom is -0.346 e. The molecule has 2 atom stereocenters. The maximum atomic E-state index is 14.5. The number of aromatic nitrogens is 5. The van der Waals surface area contributed by atoms with Crippen molar-refractivity contribution in [2.75, 3.05) is 17.2 Å². The Bertz CT molecular complexity index is 2330. The summed E-state index contributed by atoms with van der Waals surface area (Å²) >= 11 is 7.69. The van der Waals surface area contributed by atoms with E-state index in [1.165, 1.54) is 29.1 Å². The summed E-state index contributed by atoms with van der Waals surface area (Å²) in [7, 11) is -1.37. The van der Waals surface area contributed by atoms with Crippen LogP contribution in [-0.2, 0) is 41.8 Å². The number of benzene rings is 2. The molecule has 5 rings (SSSR count). The molecule has 3 heterocycles. The SMILES string of the molecule is CSNc1nn(CC(F)(F)F)c2c(-c3ccc(C#CC(C)(C)S(C)=O)nc3C(Cc3cc(F)cc(F)c3)NC(=O)Cn3nc(C)c(C)c3CF)ccc(Cl)c12. The molecule has 55 heavy (non-hydrogen) atoms. The first-order valence-corrected chi connectivity index (χ1v) is 19.7. The van der Waals surface area contributed by atoms with E-state index in [1.807, 2.05) is 0 Å². The molecule has 2 aromatic carbocycles. The monoisotopic (exact) mass is 823 g/mol. The van der Waals surface area contributed by atoms with E-state index in [0.717, 1.165) is 28.8 Å². The van der Waals surface area contributed by atoms with Gasteiger partial charge in [0.2, 0.25) is 5.91 Å². The topological polar surface area (TPSA) is 107 Å². The zero-order valence-electron chi connectivity index (χ0n) is 30.5. The smallest absolute Gasteiger partial charge is 0.346 e. The molecule has 292 valence electrons. The molecular formula is C37H36ClF6N7O2S2. The fourth-order valence-electron chi connectivity index (χ4n) is 5.85. The Balaban J connectivity index is 1.78. The van der Waals surface area contributed by atoms with Gasteiger partial charge in [0.15, 0.2) is 5.82 Å². The molecule has 0 spiro atoms. The van der Waals surface area contributed by atoms with Gasteiger partial charge >= 0.3 is 6.18 Å². The van der Waals surface area contributed by atoms with Gasteiger partial charge in [-0.05, 0) is 81.5 Å². The first-order chi connectivity index (χ1) is 25.8. The third kappa shape index (κ3) is 9.65. The van der Waals surface area contributed by atoms with Crippen LogP contribution in [0.5, 0.6) is 0 Å². The van der Waals surface area contributed by atoms with Crippen LogP contribution in [0, 0.1) is 37.3 Å². The lowest BCUT2D eigenvalue weighted by atomic mass is 9.93. The van der Waals surface area contributed by atoms with Crippen LogP contribution in [0.15, 0.2) is 42.5 Å². The van der Waals surface area contributed by atoms with Crippen LogP contribution in [0.2, 0.25) is 5.02 Å². The van der Waals surface area contributed by atoms with Crippen molar-refractivity contribution < 1.29 is 35.3 Å². The van der Waals surface area contributed by atoms with Crippen molar-refractivity contribution in [1.29, 1.82) is 0 Å². The number of aryl methyl sites for hydroxylation is 1. The molecule has 9 nitrogen and oxygen atoms in total. The van der Waals surface area contributed by atoms with Gasteiger partial charge in [0.25, 0.3) is 0 Å². The van der Waals surface area contributed by atoms with E-state index in [9.17, 15) is 35.3 Å². The summed E-state index contributed by atoms with van der Waals surface area (Å²) in [5.74, 6) is 3.46. The summed E-state index contributed by atoms with van der Waals surface area (Å²) in [6, 6.07) is 7.65. The largest absolute Gasteiger partial charge is 0.408 e. The highest BCUT2D eigenvalue weighted by Gasteiger charge is 2.32. The van der Waals surface area contributed by atoms with E-state index in [1.54, 1.807) is 40.0 Å². The van der Waals surface area contributed by atoms with Gasteiger partial charge in [-0.1, -0.05) is 35.5 Å². The Morgan fingerprint density at radius 3 is 2.33 bits per heavy atom. The normalized spacial score (nSPS) is 13.0. The molecule has 2 N–H and O–H groups in total. The Hall–Kier alpha value is -4.53. The number of amides is 1. The van der Waals surface area contributed by atoms with Crippen molar-refractivity contribution in [3.63, 3.8) is 0 Å². The number of hydrogen-bond donors (Lipinski definition) is 2. The number of alkyl halides is 4. The third-order valence-corrected chi connectivity index (χ3v) is 11.1. The van der Waals surface area contributed by atoms with Crippen LogP contribution in [-0.4, -0.2) is 58.1 Å². The number of nitrogens with zero attached hydrogens (tertiary/aromatic N) is 5. The lowest BCUT2D eigenvalue weighted by Crippen LogP contribution is -2.34. The van der Waals surface area contributed by atoms with Gasteiger partial charge in [0, 0.05) is 40.5 Å². The predicted octanol–water partition coefficient (Wildman–Crippen LogP) is 8.17. The Kier molecular flexibility index (Phi) is 12.6. The molecule has 3 aromatic heterocycles. The lowest BCUT2D eigenvalue weighted by molar-refractivity contribution is -0.141. The predicted molar refractivity (Wildman–Crippen MR) is 204 cm³/mol. The Morgan fingerprint density at radius 2 is 1.71 bits per heavy atom. The van der Waals surface area contributed by atoms with E-state index >= 15 is 0 Å². The van der Waals surface area contributed by atoms with Crippen LogP contribution in [0.25, 0.3) is 22.0 Å². The second-order valence-corrected chi connectivity index (χ2v) is 16.1. The number of anilines is 1. The Labute approximate surface area is 325 Å². The van der Waals surface area contributed by atoms with Crippen LogP contribution in [0.4, 0.5) is 32.2 Å². The highest BCUT2D eigenvalue weighted by Crippen LogP contribution is 2.41. The molecular weight excluding hydrogens is 788 g/mol. The molecule has 2 unspecified atom stereocenters. The van der Waals surface area contributed by atoms with Gasteiger partial charge in [0.05, 0.1) is 39.0 Å². The third-order valence-electron chi connectivity index (χ3n) is 8.80. The molecule has 0 saturated carbocycles. The van der Waals surface area contributed by atoms with Crippen LogP contribution >= 0.6 is 23.5 Å². The van der Waals surface area contributed by atoms with Crippen molar-refractivity contribution in [2.24, 2.45) is 0 Å². The first kappa shape index (κ1) is 41.6. The molecule has 18 heteroatoms. The van der Waals surface area contributed by atoms with Crippen LogP contribution < -0.4 is 10.0 Å². The zero-order chi connectivity index (χ0) is 40.4. The quantitative estimate of drug-likeness (QED) is 0.0743. The molecule has 0 fully saturated rings. The summed E-state index contributed by atoms with van der Waals surface area (Å²) < 4.78 is 101. The average Bonchev–Trinajstić information content (AvgIpc) is 3.57. The number of halogens is 7. The second-order valence-electron chi connectivity index (χ2n) is 13.1. The van der Waals surface area contributed by atoms with E-state index in [2.05, 4.69) is 32.1 Å². The maximum Gasteiger partial charge on any atom is 0.408 e. The zero-order valence-corrected chi connectivity index (χ0v) is 32.9. The van der Waals surface area contributed by atoms with Gasteiger partial charge in [-0.25, -0.2) is 18.2 Å². The fourth-order valence-corrected chi connectivity index (χ4v) is 6.62. The van der Waals surface area contributed by atoms with Crippen molar-refractivity contribution >= 4 is 57.0 Å². The minimum atomic E-state index is -4.69. The Morgan fingerprint density at radius 1 is 1.04 bits per heavy atom. The van der Waals surface area contributed by atoms with E-state index in [4.69, 9.17) is 16.6 Å². The van der Waals surface area contributed by atoms with Gasteiger partial charge in [-0.15, -0.1) is 0 Å². The lowest BCUT2D eigenvalue weighted by Gasteiger charge is -2.23. The standard InChI is InChI=1S/C37H36ClF6N7O2S2/c1-20-21(2)47-50(30(20)17-39)18-31(52)46-29(15-22-13-23(40)16-24(41)14-22)33-26(8-7-25(45-33)11-12-36(3,4)55(6)53)27-9-10-28(38)32-34(27)51(19-37(42,43)44)48-35(32)49-54-5/h7-10,13-14,16,29H,15,17-19H2,1-6H3,(H,46,52)(H,48,49). The number of hydrogen-bond acceptors (Lipinski definition) is 7. The van der Waals surface area contributed by atoms with Crippen LogP contribution in [0.1, 0.15) is 53.8 Å². The van der Waals surface area contributed by atoms with Crippen molar-refractivity contribution in [1.82, 2.24) is 29.9 Å². The van der Waals surface area contributed by atoms with Gasteiger partial charge in [0.1, 0.15) is 41.8 Å². The minimum absolute atomic E-state index is 0.0114. The second kappa shape index (κ2) is 16.7. The summed E-state index contributed by atoms with van der Waals surface area (Å²) in [5, 5.41) is 11.6. The van der Waals surface area contributed by atoms with E-state index in [-0.39, 0.29) is 61.9 Å². The molecule has 0 aliphatic heterocycles. The number of carbonyl (C=O) groups excluding carboxylic acids is 1. The summed E-state index contributed by atoms with van der Waals surface area (Å²) in [5.41, 5.74) is 1.94. The van der Waals surface area contributed by atoms with Crippen molar-refractivity contribution in [3.8, 4) is 23.0 Å². The number of carbonyl (C=O) groups is 1. The summed E-state index contributed by atoms with van der Waals surface area (Å²) in [6.45, 7) is 3.85. The molecule has 0 bridgehead atoms.